The van der Waals surface area contributed by atoms with Crippen molar-refractivity contribution in [3.8, 4) is 0 Å². The van der Waals surface area contributed by atoms with Crippen LogP contribution in [0.15, 0.2) is 28.2 Å². The molecule has 0 aromatic heterocycles. The summed E-state index contributed by atoms with van der Waals surface area (Å²) in [4.78, 5) is 9.13. The molecule has 0 fully saturated rings. The first-order valence-corrected chi connectivity index (χ1v) is 17.1. The van der Waals surface area contributed by atoms with Gasteiger partial charge in [-0.2, -0.15) is 0 Å². The van der Waals surface area contributed by atoms with Crippen LogP contribution in [0.5, 0.6) is 0 Å². The maximum absolute atomic E-state index is 6.36. The van der Waals surface area contributed by atoms with Crippen LogP contribution in [0.3, 0.4) is 0 Å². The minimum absolute atomic E-state index is 0.115. The molecule has 2 nitrogen and oxygen atoms in total. The van der Waals surface area contributed by atoms with Crippen LogP contribution in [0.25, 0.3) is 0 Å². The summed E-state index contributed by atoms with van der Waals surface area (Å²) in [5.74, 6) is 0. The second-order valence-electron chi connectivity index (χ2n) is 6.88. The van der Waals surface area contributed by atoms with Crippen molar-refractivity contribution in [2.75, 3.05) is 0 Å². The van der Waals surface area contributed by atoms with Crippen molar-refractivity contribution in [3.05, 3.63) is 29.3 Å². The van der Waals surface area contributed by atoms with E-state index in [9.17, 15) is 0 Å². The summed E-state index contributed by atoms with van der Waals surface area (Å²) in [5, 5.41) is 0. The van der Waals surface area contributed by atoms with Crippen molar-refractivity contribution in [1.82, 2.24) is 0 Å². The fourth-order valence-electron chi connectivity index (χ4n) is 1.51. The van der Waals surface area contributed by atoms with Gasteiger partial charge in [-0.3, -0.25) is 0 Å². The third-order valence-electron chi connectivity index (χ3n) is 2.45. The first-order chi connectivity index (χ1) is 9.49. The fraction of sp³-hybridized carbons (Fsp3) is 0.500. The number of benzene rings is 1. The first-order valence-electron chi connectivity index (χ1n) is 6.85. The van der Waals surface area contributed by atoms with Crippen molar-refractivity contribution in [2.24, 2.45) is 9.98 Å². The molecule has 0 amide bonds. The van der Waals surface area contributed by atoms with Crippen LogP contribution in [-0.4, -0.2) is 42.9 Å². The van der Waals surface area contributed by atoms with Crippen LogP contribution in [0.2, 0.25) is 0 Å². The molecule has 5 heteroatoms. The Balaban J connectivity index is 3.29. The summed E-state index contributed by atoms with van der Waals surface area (Å²) in [6, 6.07) is 6.04. The summed E-state index contributed by atoms with van der Waals surface area (Å²) >= 11 is -2.67. The van der Waals surface area contributed by atoms with Crippen molar-refractivity contribution in [1.29, 1.82) is 0 Å². The molecule has 116 valence electrons. The van der Waals surface area contributed by atoms with Gasteiger partial charge in [-0.1, -0.05) is 0 Å². The third-order valence-corrected chi connectivity index (χ3v) is 8.74. The summed E-state index contributed by atoms with van der Waals surface area (Å²) in [5.41, 5.74) is 1.81. The zero-order valence-electron chi connectivity index (χ0n) is 13.5. The molecule has 0 radical (unpaired) electrons. The minimum atomic E-state index is -2.67. The molecule has 0 bridgehead atoms. The molecule has 1 aromatic rings. The van der Waals surface area contributed by atoms with E-state index in [0.717, 1.165) is 14.4 Å². The van der Waals surface area contributed by atoms with Gasteiger partial charge in [0.15, 0.2) is 0 Å². The topological polar surface area (TPSA) is 24.7 Å². The van der Waals surface area contributed by atoms with Crippen molar-refractivity contribution < 1.29 is 0 Å². The Hall–Kier alpha value is 0.0231. The van der Waals surface area contributed by atoms with E-state index in [2.05, 4.69) is 51.5 Å². The quantitative estimate of drug-likeness (QED) is 0.418. The molecule has 0 spiro atoms. The van der Waals surface area contributed by atoms with E-state index in [4.69, 9.17) is 17.0 Å². The molecule has 0 aliphatic carbocycles. The zero-order chi connectivity index (χ0) is 16.3. The molecule has 0 aliphatic heterocycles. The fourth-order valence-corrected chi connectivity index (χ4v) is 7.48. The molecule has 0 atom stereocenters. The predicted octanol–water partition coefficient (Wildman–Crippen LogP) is 4.29. The number of halogens is 2. The van der Waals surface area contributed by atoms with Crippen LogP contribution < -0.4 is 3.27 Å². The summed E-state index contributed by atoms with van der Waals surface area (Å²) in [7, 11) is 12.7. The number of aliphatic imine (C=N–C) groups is 2. The molecule has 1 aromatic carbocycles. The molecule has 0 saturated heterocycles. The Morgan fingerprint density at radius 3 is 1.52 bits per heavy atom. The molecule has 0 aliphatic rings. The third kappa shape index (κ3) is 7.22. The van der Waals surface area contributed by atoms with E-state index in [-0.39, 0.29) is 11.1 Å². The standard InChI is InChI=1S/C16H23N2.Bi.2ClH/c1-15(2,3)17-11-13-8-7-9-14(10-13)12-18-16(4,5)6;;;/h7-9,11-12H,1-6H3;;2*1H/q;+2;;/p-2. The molecule has 1 rings (SSSR count). The summed E-state index contributed by atoms with van der Waals surface area (Å²) in [6.45, 7) is 12.4. The van der Waals surface area contributed by atoms with Gasteiger partial charge in [0.1, 0.15) is 0 Å². The zero-order valence-corrected chi connectivity index (χ0v) is 18.5. The van der Waals surface area contributed by atoms with Gasteiger partial charge in [-0.25, -0.2) is 0 Å². The number of nitrogens with zero attached hydrogens (tertiary/aromatic N) is 2. The van der Waals surface area contributed by atoms with Crippen molar-refractivity contribution in [3.63, 3.8) is 0 Å². The number of rotatable bonds is 3. The van der Waals surface area contributed by atoms with Gasteiger partial charge in [-0.05, 0) is 0 Å². The van der Waals surface area contributed by atoms with Crippen LogP contribution >= 0.6 is 17.0 Å². The normalized spacial score (nSPS) is 13.8. The van der Waals surface area contributed by atoms with Gasteiger partial charge in [-0.15, -0.1) is 0 Å². The van der Waals surface area contributed by atoms with Gasteiger partial charge in [0, 0.05) is 0 Å². The molecule has 0 heterocycles. The van der Waals surface area contributed by atoms with E-state index in [1.807, 2.05) is 30.6 Å². The summed E-state index contributed by atoms with van der Waals surface area (Å²) < 4.78 is 1.05. The Bertz CT molecular complexity index is 496. The molecular weight excluding hydrogens is 500 g/mol. The van der Waals surface area contributed by atoms with Gasteiger partial charge in [0.25, 0.3) is 0 Å². The van der Waals surface area contributed by atoms with E-state index in [1.165, 1.54) is 0 Å². The van der Waals surface area contributed by atoms with E-state index in [1.54, 1.807) is 0 Å². The Kier molecular flexibility index (Phi) is 6.84. The molecule has 0 saturated carbocycles. The summed E-state index contributed by atoms with van der Waals surface area (Å²) in [6.07, 6.45) is 3.77. The molecule has 0 unspecified atom stereocenters. The number of hydrogen-bond acceptors (Lipinski definition) is 2. The second kappa shape index (κ2) is 7.53. The average molecular weight is 523 g/mol. The molecular formula is C16H23BiCl2N2. The van der Waals surface area contributed by atoms with Crippen molar-refractivity contribution in [2.45, 2.75) is 52.6 Å². The molecule has 0 N–H and O–H groups in total. The van der Waals surface area contributed by atoms with Gasteiger partial charge in [0.05, 0.1) is 0 Å². The molecule has 21 heavy (non-hydrogen) atoms. The maximum atomic E-state index is 6.36. The SMILES string of the molecule is CC(C)(C)N=Cc1cccc(C=NC(C)(C)C)[c]1[Bi]([Cl])[Cl]. The van der Waals surface area contributed by atoms with E-state index in [0.29, 0.717) is 0 Å². The van der Waals surface area contributed by atoms with E-state index < -0.39 is 19.4 Å². The van der Waals surface area contributed by atoms with E-state index >= 15 is 0 Å². The Labute approximate surface area is 143 Å². The van der Waals surface area contributed by atoms with Crippen LogP contribution in [0.1, 0.15) is 52.7 Å². The van der Waals surface area contributed by atoms with Crippen LogP contribution in [0.4, 0.5) is 0 Å². The Morgan fingerprint density at radius 2 is 1.24 bits per heavy atom. The first kappa shape index (κ1) is 19.1. The van der Waals surface area contributed by atoms with Gasteiger partial charge < -0.3 is 0 Å². The van der Waals surface area contributed by atoms with Gasteiger partial charge >= 0.3 is 144 Å². The Morgan fingerprint density at radius 1 is 0.857 bits per heavy atom. The average Bonchev–Trinajstić information content (AvgIpc) is 2.31. The predicted molar refractivity (Wildman–Crippen MR) is 98.2 cm³/mol. The second-order valence-corrected chi connectivity index (χ2v) is 17.9. The number of hydrogen-bond donors (Lipinski definition) is 0. The van der Waals surface area contributed by atoms with Gasteiger partial charge in [0.2, 0.25) is 0 Å². The van der Waals surface area contributed by atoms with Crippen LogP contribution in [0, 0.1) is 0 Å². The van der Waals surface area contributed by atoms with Crippen LogP contribution in [-0.2, 0) is 0 Å². The monoisotopic (exact) mass is 522 g/mol. The van der Waals surface area contributed by atoms with Crippen molar-refractivity contribution >= 4 is 52.1 Å².